The van der Waals surface area contributed by atoms with E-state index >= 15 is 0 Å². The molecule has 0 saturated carbocycles. The summed E-state index contributed by atoms with van der Waals surface area (Å²) in [6.07, 6.45) is 1.13. The quantitative estimate of drug-likeness (QED) is 0.338. The third-order valence-corrected chi connectivity index (χ3v) is 3.11. The number of nitrogens with zero attached hydrogens (tertiary/aromatic N) is 1. The Morgan fingerprint density at radius 1 is 1.57 bits per heavy atom. The van der Waals surface area contributed by atoms with Crippen LogP contribution in [0.15, 0.2) is 0 Å². The Morgan fingerprint density at radius 2 is 2.21 bits per heavy atom. The monoisotopic (exact) mass is 243 g/mol. The topological polar surface area (TPSA) is 27.3 Å². The van der Waals surface area contributed by atoms with Crippen LogP contribution in [0.5, 0.6) is 0 Å². The molecule has 0 aromatic rings. The van der Waals surface area contributed by atoms with E-state index in [-0.39, 0.29) is 31.0 Å². The van der Waals surface area contributed by atoms with Crippen molar-refractivity contribution in [3.63, 3.8) is 0 Å². The van der Waals surface area contributed by atoms with Crippen LogP contribution < -0.4 is 40.2 Å². The Morgan fingerprint density at radius 3 is 2.79 bits per heavy atom. The summed E-state index contributed by atoms with van der Waals surface area (Å²) in [6, 6.07) is 0. The second kappa shape index (κ2) is 9.39. The number of nitrogens with one attached hydrogen (secondary N) is 2. The average Bonchev–Trinajstić information content (AvgIpc) is 2.16. The third-order valence-electron chi connectivity index (χ3n) is 1.81. The molecule has 0 amide bonds. The Labute approximate surface area is 120 Å². The van der Waals surface area contributed by atoms with Gasteiger partial charge in [0.25, 0.3) is 0 Å². The smallest absolute Gasteiger partial charge is 1.00 e. The predicted octanol–water partition coefficient (Wildman–Crippen LogP) is -2.06. The van der Waals surface area contributed by atoms with Gasteiger partial charge in [0, 0.05) is 32.7 Å². The van der Waals surface area contributed by atoms with Gasteiger partial charge in [-0.1, -0.05) is 19.1 Å². The van der Waals surface area contributed by atoms with Crippen molar-refractivity contribution in [2.45, 2.75) is 13.3 Å². The second-order valence-corrected chi connectivity index (χ2v) is 4.76. The molecule has 0 bridgehead atoms. The largest absolute Gasteiger partial charge is 1.00 e. The van der Waals surface area contributed by atoms with Crippen LogP contribution in [0, 0.1) is 0 Å². The number of hydrogen-bond donors (Lipinski definition) is 2. The first-order chi connectivity index (χ1) is 6.33. The van der Waals surface area contributed by atoms with Crippen molar-refractivity contribution in [3.8, 4) is 0 Å². The number of thiocarbonyl (C=S) groups is 1. The van der Waals surface area contributed by atoms with Crippen molar-refractivity contribution in [3.05, 3.63) is 0 Å². The zero-order valence-corrected chi connectivity index (χ0v) is 12.6. The molecule has 6 heteroatoms. The van der Waals surface area contributed by atoms with E-state index in [0.717, 1.165) is 43.5 Å². The Kier molecular flexibility index (Phi) is 10.2. The summed E-state index contributed by atoms with van der Waals surface area (Å²) >= 11 is 6.86. The first-order valence-electron chi connectivity index (χ1n) is 4.74. The van der Waals surface area contributed by atoms with Crippen molar-refractivity contribution in [2.75, 3.05) is 32.7 Å². The van der Waals surface area contributed by atoms with Gasteiger partial charge in [0.15, 0.2) is 0 Å². The van der Waals surface area contributed by atoms with Gasteiger partial charge < -0.3 is 12.1 Å². The molecular formula is C8H18N3NaS2. The van der Waals surface area contributed by atoms with E-state index in [1.807, 2.05) is 0 Å². The zero-order valence-electron chi connectivity index (χ0n) is 10.0. The molecule has 14 heavy (non-hydrogen) atoms. The van der Waals surface area contributed by atoms with Crippen LogP contribution in [0.3, 0.4) is 0 Å². The minimum absolute atomic E-state index is 0. The van der Waals surface area contributed by atoms with Crippen LogP contribution in [0.4, 0.5) is 0 Å². The summed E-state index contributed by atoms with van der Waals surface area (Å²) in [4.78, 5) is 0. The maximum absolute atomic E-state index is 5.19. The molecule has 1 aliphatic heterocycles. The Bertz CT molecular complexity index is 168. The predicted molar refractivity (Wildman–Crippen MR) is 64.0 cm³/mol. The fourth-order valence-electron chi connectivity index (χ4n) is 1.11. The number of piperazine rings is 1. The van der Waals surface area contributed by atoms with Gasteiger partial charge in [-0.3, -0.25) is 0 Å². The summed E-state index contributed by atoms with van der Waals surface area (Å²) in [6.45, 7) is 7.44. The molecule has 1 saturated heterocycles. The normalized spacial score (nSPS) is 17.2. The molecule has 3 nitrogen and oxygen atoms in total. The van der Waals surface area contributed by atoms with E-state index in [9.17, 15) is 0 Å². The van der Waals surface area contributed by atoms with Crippen LogP contribution in [0.25, 0.3) is 0 Å². The van der Waals surface area contributed by atoms with Gasteiger partial charge in [0.2, 0.25) is 0 Å². The Balaban J connectivity index is 0. The summed E-state index contributed by atoms with van der Waals surface area (Å²) in [7, 11) is 0. The Hall–Kier alpha value is 1.16. The molecule has 0 spiro atoms. The van der Waals surface area contributed by atoms with E-state index in [4.69, 9.17) is 12.2 Å². The van der Waals surface area contributed by atoms with Gasteiger partial charge in [-0.05, 0) is 18.4 Å². The summed E-state index contributed by atoms with van der Waals surface area (Å²) in [5, 5.41) is 6.52. The molecule has 0 aromatic heterocycles. The number of hydrogen-bond acceptors (Lipinski definition) is 4. The molecule has 78 valence electrons. The second-order valence-electron chi connectivity index (χ2n) is 2.98. The first-order valence-corrected chi connectivity index (χ1v) is 5.92. The third kappa shape index (κ3) is 6.61. The van der Waals surface area contributed by atoms with Crippen LogP contribution in [0.2, 0.25) is 0 Å². The molecule has 0 aromatic carbocycles. The molecule has 0 unspecified atom stereocenters. The summed E-state index contributed by atoms with van der Waals surface area (Å²) < 4.78 is 3.21. The minimum atomic E-state index is 0. The maximum Gasteiger partial charge on any atom is 1.00 e. The molecule has 0 radical (unpaired) electrons. The summed E-state index contributed by atoms with van der Waals surface area (Å²) in [5.41, 5.74) is 0. The fourth-order valence-corrected chi connectivity index (χ4v) is 2.30. The van der Waals surface area contributed by atoms with Crippen molar-refractivity contribution < 1.29 is 31.0 Å². The standard InChI is InChI=1S/C8H17N3S2.Na.H/c1-2-3-10-8(12)13-11-6-4-9-5-7-11;;/h9H,2-7H2,1H3,(H,10,12);;/q;+1;-1. The van der Waals surface area contributed by atoms with E-state index in [1.165, 1.54) is 0 Å². The van der Waals surface area contributed by atoms with E-state index in [0.29, 0.717) is 0 Å². The van der Waals surface area contributed by atoms with Gasteiger partial charge >= 0.3 is 29.6 Å². The van der Waals surface area contributed by atoms with Gasteiger partial charge in [-0.2, -0.15) is 0 Å². The fraction of sp³-hybridized carbons (Fsp3) is 0.875. The van der Waals surface area contributed by atoms with Crippen molar-refractivity contribution in [1.29, 1.82) is 0 Å². The van der Waals surface area contributed by atoms with Crippen LogP contribution in [-0.2, 0) is 0 Å². The van der Waals surface area contributed by atoms with Crippen molar-refractivity contribution in [1.82, 2.24) is 14.9 Å². The van der Waals surface area contributed by atoms with E-state index in [1.54, 1.807) is 11.9 Å². The molecular weight excluding hydrogens is 225 g/mol. The van der Waals surface area contributed by atoms with Crippen LogP contribution in [-0.4, -0.2) is 41.3 Å². The SMILES string of the molecule is CCCNC(=S)SN1CCNCC1.[H-].[Na+]. The van der Waals surface area contributed by atoms with Gasteiger partial charge in [-0.15, -0.1) is 0 Å². The molecule has 0 atom stereocenters. The average molecular weight is 243 g/mol. The van der Waals surface area contributed by atoms with E-state index < -0.39 is 0 Å². The minimum Gasteiger partial charge on any atom is -1.00 e. The molecule has 1 fully saturated rings. The van der Waals surface area contributed by atoms with Crippen LogP contribution in [0.1, 0.15) is 14.8 Å². The molecule has 1 heterocycles. The van der Waals surface area contributed by atoms with Gasteiger partial charge in [0.1, 0.15) is 4.32 Å². The zero-order chi connectivity index (χ0) is 9.52. The van der Waals surface area contributed by atoms with Crippen molar-refractivity contribution >= 4 is 28.5 Å². The number of rotatable bonds is 3. The van der Waals surface area contributed by atoms with E-state index in [2.05, 4.69) is 21.9 Å². The summed E-state index contributed by atoms with van der Waals surface area (Å²) in [5.74, 6) is 0. The van der Waals surface area contributed by atoms with Gasteiger partial charge in [-0.25, -0.2) is 4.31 Å². The maximum atomic E-state index is 5.19. The molecule has 2 N–H and O–H groups in total. The van der Waals surface area contributed by atoms with Gasteiger partial charge in [0.05, 0.1) is 0 Å². The first kappa shape index (κ1) is 15.2. The molecule has 1 aliphatic rings. The van der Waals surface area contributed by atoms with Crippen LogP contribution >= 0.6 is 24.2 Å². The molecule has 0 aliphatic carbocycles. The molecule has 1 rings (SSSR count). The van der Waals surface area contributed by atoms with Crippen molar-refractivity contribution in [2.24, 2.45) is 0 Å².